The van der Waals surface area contributed by atoms with Crippen LogP contribution >= 0.6 is 23.4 Å². The fourth-order valence-electron chi connectivity index (χ4n) is 4.37. The van der Waals surface area contributed by atoms with Gasteiger partial charge in [0.25, 0.3) is 0 Å². The molecule has 0 saturated carbocycles. The summed E-state index contributed by atoms with van der Waals surface area (Å²) in [7, 11) is 1.63. The Morgan fingerprint density at radius 1 is 1.08 bits per heavy atom. The zero-order valence-electron chi connectivity index (χ0n) is 22.5. The summed E-state index contributed by atoms with van der Waals surface area (Å²) in [4.78, 5) is 29.8. The maximum Gasteiger partial charge on any atom is 0.233 e. The first-order valence-corrected chi connectivity index (χ1v) is 14.1. The van der Waals surface area contributed by atoms with Crippen LogP contribution in [-0.4, -0.2) is 80.8 Å². The number of carbonyl (C=O) groups excluding carboxylic acids is 2. The number of hydrogen-bond donors (Lipinski definition) is 0. The molecular formula is C28H34ClN5O3S. The minimum absolute atomic E-state index is 0.00622. The molecule has 0 N–H and O–H groups in total. The molecule has 1 aliphatic heterocycles. The second kappa shape index (κ2) is 11.8. The van der Waals surface area contributed by atoms with Gasteiger partial charge in [0.05, 0.1) is 18.3 Å². The molecule has 10 heteroatoms. The molecule has 202 valence electrons. The number of aromatic nitrogens is 3. The van der Waals surface area contributed by atoms with Gasteiger partial charge < -0.3 is 14.5 Å². The smallest absolute Gasteiger partial charge is 0.233 e. The van der Waals surface area contributed by atoms with E-state index in [2.05, 4.69) is 10.2 Å². The average Bonchev–Trinajstić information content (AvgIpc) is 3.35. The highest BCUT2D eigenvalue weighted by molar-refractivity contribution is 7.99. The van der Waals surface area contributed by atoms with Crippen molar-refractivity contribution in [1.29, 1.82) is 0 Å². The van der Waals surface area contributed by atoms with Gasteiger partial charge in [-0.3, -0.25) is 14.2 Å². The van der Waals surface area contributed by atoms with Crippen molar-refractivity contribution < 1.29 is 14.3 Å². The van der Waals surface area contributed by atoms with E-state index in [1.807, 2.05) is 90.6 Å². The molecule has 4 rings (SSSR count). The van der Waals surface area contributed by atoms with Crippen LogP contribution < -0.4 is 4.74 Å². The van der Waals surface area contributed by atoms with Crippen molar-refractivity contribution in [2.24, 2.45) is 5.41 Å². The lowest BCUT2D eigenvalue weighted by molar-refractivity contribution is -0.147. The molecule has 2 aromatic carbocycles. The summed E-state index contributed by atoms with van der Waals surface area (Å²) in [6, 6.07) is 15.7. The first-order valence-electron chi connectivity index (χ1n) is 12.6. The number of methoxy groups -OCH3 is 1. The standard InChI is InChI=1S/C28H34ClN5O3S/c1-19-6-8-21(9-7-19)25-30-31-27(34(25)22-10-12-23(37-5)13-11-22)38-17-24(35)32-14-15-33(20(2)16-32)26(36)28(3,4)18-29/h6-13,20H,14-18H2,1-5H3. The lowest BCUT2D eigenvalue weighted by atomic mass is 9.93. The van der Waals surface area contributed by atoms with Crippen LogP contribution in [0.5, 0.6) is 5.75 Å². The third kappa shape index (κ3) is 5.99. The van der Waals surface area contributed by atoms with E-state index in [4.69, 9.17) is 16.3 Å². The van der Waals surface area contributed by atoms with Gasteiger partial charge in [-0.15, -0.1) is 21.8 Å². The summed E-state index contributed by atoms with van der Waals surface area (Å²) < 4.78 is 7.29. The maximum atomic E-state index is 13.2. The Balaban J connectivity index is 1.50. The van der Waals surface area contributed by atoms with Crippen molar-refractivity contribution in [3.05, 3.63) is 54.1 Å². The van der Waals surface area contributed by atoms with Gasteiger partial charge in [0.15, 0.2) is 11.0 Å². The van der Waals surface area contributed by atoms with E-state index in [9.17, 15) is 9.59 Å². The number of rotatable bonds is 8. The van der Waals surface area contributed by atoms with Crippen molar-refractivity contribution in [2.75, 3.05) is 38.4 Å². The van der Waals surface area contributed by atoms with Gasteiger partial charge in [-0.25, -0.2) is 0 Å². The number of alkyl halides is 1. The zero-order chi connectivity index (χ0) is 27.4. The van der Waals surface area contributed by atoms with Crippen LogP contribution in [0.4, 0.5) is 0 Å². The summed E-state index contributed by atoms with van der Waals surface area (Å²) in [5.41, 5.74) is 2.35. The number of thioether (sulfide) groups is 1. The molecule has 1 saturated heterocycles. The second-order valence-corrected chi connectivity index (χ2v) is 11.4. The van der Waals surface area contributed by atoms with E-state index in [0.29, 0.717) is 30.6 Å². The number of benzene rings is 2. The molecule has 1 fully saturated rings. The predicted molar refractivity (Wildman–Crippen MR) is 151 cm³/mol. The van der Waals surface area contributed by atoms with E-state index < -0.39 is 5.41 Å². The molecule has 2 amide bonds. The highest BCUT2D eigenvalue weighted by atomic mass is 35.5. The van der Waals surface area contributed by atoms with Gasteiger partial charge in [0.1, 0.15) is 5.75 Å². The number of hydrogen-bond acceptors (Lipinski definition) is 6. The first kappa shape index (κ1) is 28.0. The quantitative estimate of drug-likeness (QED) is 0.297. The van der Waals surface area contributed by atoms with E-state index >= 15 is 0 Å². The number of carbonyl (C=O) groups is 2. The van der Waals surface area contributed by atoms with Crippen LogP contribution in [0.15, 0.2) is 53.7 Å². The molecule has 8 nitrogen and oxygen atoms in total. The van der Waals surface area contributed by atoms with Crippen LogP contribution in [-0.2, 0) is 9.59 Å². The monoisotopic (exact) mass is 555 g/mol. The fraction of sp³-hybridized carbons (Fsp3) is 0.429. The molecule has 1 atom stereocenters. The van der Waals surface area contributed by atoms with E-state index in [1.165, 1.54) is 11.8 Å². The molecule has 0 radical (unpaired) electrons. The molecule has 0 aliphatic carbocycles. The van der Waals surface area contributed by atoms with E-state index in [0.717, 1.165) is 22.6 Å². The highest BCUT2D eigenvalue weighted by Gasteiger charge is 2.37. The second-order valence-electron chi connectivity index (χ2n) is 10.2. The summed E-state index contributed by atoms with van der Waals surface area (Å²) in [6.07, 6.45) is 0. The largest absolute Gasteiger partial charge is 0.497 e. The van der Waals surface area contributed by atoms with Gasteiger partial charge in [0, 0.05) is 42.8 Å². The number of piperazine rings is 1. The number of aryl methyl sites for hydroxylation is 1. The molecule has 0 bridgehead atoms. The number of amides is 2. The van der Waals surface area contributed by atoms with Crippen molar-refractivity contribution in [1.82, 2.24) is 24.6 Å². The van der Waals surface area contributed by atoms with Crippen molar-refractivity contribution in [3.63, 3.8) is 0 Å². The minimum atomic E-state index is -0.626. The molecule has 1 aromatic heterocycles. The molecule has 0 spiro atoms. The van der Waals surface area contributed by atoms with Gasteiger partial charge in [-0.1, -0.05) is 41.6 Å². The van der Waals surface area contributed by atoms with Gasteiger partial charge >= 0.3 is 0 Å². The summed E-state index contributed by atoms with van der Waals surface area (Å²) in [5, 5.41) is 9.55. The summed E-state index contributed by atoms with van der Waals surface area (Å²) >= 11 is 7.38. The Hall–Kier alpha value is -3.04. The molecule has 38 heavy (non-hydrogen) atoms. The molecular weight excluding hydrogens is 522 g/mol. The third-order valence-electron chi connectivity index (χ3n) is 6.75. The number of nitrogens with zero attached hydrogens (tertiary/aromatic N) is 5. The Kier molecular flexibility index (Phi) is 8.67. The summed E-state index contributed by atoms with van der Waals surface area (Å²) in [5.74, 6) is 1.96. The lowest BCUT2D eigenvalue weighted by Crippen LogP contribution is -2.58. The predicted octanol–water partition coefficient (Wildman–Crippen LogP) is 4.67. The number of ether oxygens (including phenoxy) is 1. The molecule has 1 aliphatic rings. The Labute approximate surface area is 233 Å². The SMILES string of the molecule is COc1ccc(-n2c(SCC(=O)N3CCN(C(=O)C(C)(C)CCl)C(C)C3)nnc2-c2ccc(C)cc2)cc1. The minimum Gasteiger partial charge on any atom is -0.497 e. The van der Waals surface area contributed by atoms with E-state index in [1.54, 1.807) is 7.11 Å². The van der Waals surface area contributed by atoms with Crippen LogP contribution in [0.2, 0.25) is 0 Å². The van der Waals surface area contributed by atoms with Crippen LogP contribution in [0, 0.1) is 12.3 Å². The fourth-order valence-corrected chi connectivity index (χ4v) is 5.34. The topological polar surface area (TPSA) is 80.6 Å². The highest BCUT2D eigenvalue weighted by Crippen LogP contribution is 2.30. The van der Waals surface area contributed by atoms with Crippen LogP contribution in [0.3, 0.4) is 0 Å². The summed E-state index contributed by atoms with van der Waals surface area (Å²) in [6.45, 7) is 9.20. The van der Waals surface area contributed by atoms with Crippen LogP contribution in [0.1, 0.15) is 26.3 Å². The van der Waals surface area contributed by atoms with Crippen molar-refractivity contribution >= 4 is 35.2 Å². The Morgan fingerprint density at radius 2 is 1.76 bits per heavy atom. The van der Waals surface area contributed by atoms with Crippen LogP contribution in [0.25, 0.3) is 17.1 Å². The van der Waals surface area contributed by atoms with Crippen molar-refractivity contribution in [3.8, 4) is 22.8 Å². The number of halogens is 1. The Morgan fingerprint density at radius 3 is 2.37 bits per heavy atom. The molecule has 3 aromatic rings. The third-order valence-corrected chi connectivity index (χ3v) is 8.33. The molecule has 1 unspecified atom stereocenters. The van der Waals surface area contributed by atoms with E-state index in [-0.39, 0.29) is 29.5 Å². The van der Waals surface area contributed by atoms with Gasteiger partial charge in [-0.05, 0) is 52.0 Å². The first-order chi connectivity index (χ1) is 18.1. The lowest BCUT2D eigenvalue weighted by Gasteiger charge is -2.42. The zero-order valence-corrected chi connectivity index (χ0v) is 24.1. The normalized spacial score (nSPS) is 16.0. The van der Waals surface area contributed by atoms with Gasteiger partial charge in [0.2, 0.25) is 11.8 Å². The van der Waals surface area contributed by atoms with Crippen molar-refractivity contribution in [2.45, 2.75) is 38.9 Å². The Bertz CT molecular complexity index is 1280. The maximum absolute atomic E-state index is 13.2. The van der Waals surface area contributed by atoms with Gasteiger partial charge in [-0.2, -0.15) is 0 Å². The molecule has 2 heterocycles. The average molecular weight is 556 g/mol.